The highest BCUT2D eigenvalue weighted by Crippen LogP contribution is 2.32. The zero-order valence-electron chi connectivity index (χ0n) is 18.8. The molecule has 1 aliphatic heterocycles. The summed E-state index contributed by atoms with van der Waals surface area (Å²) in [4.78, 5) is 28.2. The highest BCUT2D eigenvalue weighted by Gasteiger charge is 2.34. The summed E-state index contributed by atoms with van der Waals surface area (Å²) < 4.78 is 40.2. The van der Waals surface area contributed by atoms with Gasteiger partial charge in [-0.05, 0) is 32.0 Å². The lowest BCUT2D eigenvalue weighted by Crippen LogP contribution is -2.56. The molecular weight excluding hydrogens is 469 g/mol. The van der Waals surface area contributed by atoms with Gasteiger partial charge in [0.2, 0.25) is 5.52 Å². The highest BCUT2D eigenvalue weighted by atomic mass is 35.5. The van der Waals surface area contributed by atoms with E-state index in [1.54, 1.807) is 25.2 Å². The molecule has 2 atom stereocenters. The molecule has 11 heteroatoms. The molecule has 0 bridgehead atoms. The third-order valence-corrected chi connectivity index (χ3v) is 6.51. The van der Waals surface area contributed by atoms with Crippen LogP contribution in [0.1, 0.15) is 25.1 Å². The zero-order chi connectivity index (χ0) is 24.8. The molecule has 34 heavy (non-hydrogen) atoms. The van der Waals surface area contributed by atoms with Gasteiger partial charge in [0.15, 0.2) is 0 Å². The first-order valence-corrected chi connectivity index (χ1v) is 11.0. The maximum Gasteiger partial charge on any atom is 0.433 e. The van der Waals surface area contributed by atoms with E-state index in [4.69, 9.17) is 18.2 Å². The van der Waals surface area contributed by atoms with E-state index in [2.05, 4.69) is 24.6 Å². The summed E-state index contributed by atoms with van der Waals surface area (Å²) in [7, 11) is 1.67. The average molecular weight is 491 g/mol. The first kappa shape index (κ1) is 24.0. The Kier molecular flexibility index (Phi) is 6.27. The minimum atomic E-state index is -4.55. The number of rotatable bonds is 3. The van der Waals surface area contributed by atoms with Gasteiger partial charge in [0.25, 0.3) is 11.4 Å². The largest absolute Gasteiger partial charge is 0.433 e. The molecule has 1 saturated heterocycles. The third-order valence-electron chi connectivity index (χ3n) is 6.18. The number of aryl methyl sites for hydroxylation is 1. The molecule has 4 rings (SSSR count). The maximum atomic E-state index is 12.9. The van der Waals surface area contributed by atoms with Crippen LogP contribution in [-0.4, -0.2) is 44.6 Å². The minimum Gasteiger partial charge on any atom is -0.362 e. The molecule has 0 saturated carbocycles. The van der Waals surface area contributed by atoms with Gasteiger partial charge in [-0.15, -0.1) is 4.98 Å². The molecule has 0 radical (unpaired) electrons. The van der Waals surface area contributed by atoms with E-state index < -0.39 is 11.9 Å². The second-order valence-corrected chi connectivity index (χ2v) is 8.86. The van der Waals surface area contributed by atoms with Crippen molar-refractivity contribution in [2.75, 3.05) is 18.0 Å². The van der Waals surface area contributed by atoms with Crippen LogP contribution in [0.4, 0.5) is 24.7 Å². The van der Waals surface area contributed by atoms with E-state index in [-0.39, 0.29) is 28.6 Å². The number of aromatic nitrogens is 3. The summed E-state index contributed by atoms with van der Waals surface area (Å²) in [6.45, 7) is 12.8. The molecule has 0 unspecified atom stereocenters. The Hall–Kier alpha value is -3.16. The van der Waals surface area contributed by atoms with Gasteiger partial charge in [-0.3, -0.25) is 9.69 Å². The molecule has 3 aromatic heterocycles. The summed E-state index contributed by atoms with van der Waals surface area (Å²) in [5.74, 6) is 0.246. The van der Waals surface area contributed by atoms with Crippen molar-refractivity contribution in [3.05, 3.63) is 68.5 Å². The molecule has 178 valence electrons. The van der Waals surface area contributed by atoms with Crippen LogP contribution in [0.15, 0.2) is 35.1 Å². The smallest absolute Gasteiger partial charge is 0.362 e. The standard InChI is InChI=1S/C23H22ClF3N6O/c1-13-11-33(17-9-20(34)31(4)16-6-8-19(28-3)30-21(16)17)14(2)10-32(13)12-15-5-7-18(23(25,26)27)29-22(15)24/h5-9,13-14H,10-12H2,1-2,4H3/t13-,14+/m1/s1. The van der Waals surface area contributed by atoms with E-state index in [0.717, 1.165) is 6.07 Å². The molecular formula is C23H22ClF3N6O. The van der Waals surface area contributed by atoms with Crippen LogP contribution >= 0.6 is 11.6 Å². The highest BCUT2D eigenvalue weighted by molar-refractivity contribution is 6.30. The van der Waals surface area contributed by atoms with Gasteiger partial charge in [0, 0.05) is 50.4 Å². The Morgan fingerprint density at radius 2 is 1.88 bits per heavy atom. The first-order valence-electron chi connectivity index (χ1n) is 10.6. The average Bonchev–Trinajstić information content (AvgIpc) is 2.78. The van der Waals surface area contributed by atoms with Gasteiger partial charge >= 0.3 is 6.18 Å². The monoisotopic (exact) mass is 490 g/mol. The van der Waals surface area contributed by atoms with Crippen molar-refractivity contribution in [2.45, 2.75) is 38.7 Å². The third kappa shape index (κ3) is 4.45. The number of fused-ring (bicyclic) bond motifs is 1. The fraction of sp³-hybridized carbons (Fsp3) is 0.391. The minimum absolute atomic E-state index is 0.00212. The molecule has 0 aromatic carbocycles. The number of nitrogens with zero attached hydrogens (tertiary/aromatic N) is 6. The Labute approximate surface area is 199 Å². The zero-order valence-corrected chi connectivity index (χ0v) is 19.5. The lowest BCUT2D eigenvalue weighted by Gasteiger charge is -2.45. The predicted octanol–water partition coefficient (Wildman–Crippen LogP) is 4.65. The van der Waals surface area contributed by atoms with Crippen LogP contribution in [0.25, 0.3) is 15.9 Å². The number of anilines is 1. The summed E-state index contributed by atoms with van der Waals surface area (Å²) in [5, 5.41) is -0.162. The van der Waals surface area contributed by atoms with Gasteiger partial charge in [0.1, 0.15) is 10.8 Å². The van der Waals surface area contributed by atoms with E-state index in [0.29, 0.717) is 41.9 Å². The number of piperazine rings is 1. The van der Waals surface area contributed by atoms with Crippen LogP contribution < -0.4 is 10.5 Å². The normalized spacial score (nSPS) is 19.4. The summed E-state index contributed by atoms with van der Waals surface area (Å²) in [6.07, 6.45) is -4.55. The molecule has 3 aromatic rings. The Balaban J connectivity index is 1.62. The lowest BCUT2D eigenvalue weighted by atomic mass is 10.1. The lowest BCUT2D eigenvalue weighted by molar-refractivity contribution is -0.141. The summed E-state index contributed by atoms with van der Waals surface area (Å²) in [5.41, 5.74) is 1.21. The van der Waals surface area contributed by atoms with Crippen LogP contribution in [0.2, 0.25) is 5.15 Å². The van der Waals surface area contributed by atoms with Crippen molar-refractivity contribution in [1.29, 1.82) is 0 Å². The van der Waals surface area contributed by atoms with E-state index >= 15 is 0 Å². The van der Waals surface area contributed by atoms with Crippen molar-refractivity contribution in [3.8, 4) is 0 Å². The molecule has 1 aliphatic rings. The van der Waals surface area contributed by atoms with Gasteiger partial charge in [-0.2, -0.15) is 13.2 Å². The van der Waals surface area contributed by atoms with Crippen molar-refractivity contribution in [2.24, 2.45) is 7.05 Å². The quantitative estimate of drug-likeness (QED) is 0.395. The second-order valence-electron chi connectivity index (χ2n) is 8.50. The second kappa shape index (κ2) is 8.89. The number of pyridine rings is 3. The molecule has 0 N–H and O–H groups in total. The van der Waals surface area contributed by atoms with Gasteiger partial charge < -0.3 is 14.3 Å². The predicted molar refractivity (Wildman–Crippen MR) is 124 cm³/mol. The SMILES string of the molecule is [C-]#[N+]c1ccc2c(n1)c(N1C[C@@H](C)N(Cc3ccc(C(F)(F)F)nc3Cl)C[C@@H]1C)cc(=O)n2C. The molecule has 1 fully saturated rings. The van der Waals surface area contributed by atoms with Crippen LogP contribution in [0, 0.1) is 6.57 Å². The van der Waals surface area contributed by atoms with Crippen molar-refractivity contribution in [1.82, 2.24) is 19.4 Å². The van der Waals surface area contributed by atoms with Gasteiger partial charge in [0.05, 0.1) is 11.2 Å². The fourth-order valence-electron chi connectivity index (χ4n) is 4.29. The Morgan fingerprint density at radius 1 is 1.15 bits per heavy atom. The van der Waals surface area contributed by atoms with Crippen molar-refractivity contribution >= 4 is 34.1 Å². The molecule has 7 nitrogen and oxygen atoms in total. The molecule has 0 aliphatic carbocycles. The Bertz CT molecular complexity index is 1350. The summed E-state index contributed by atoms with van der Waals surface area (Å²) >= 11 is 6.07. The van der Waals surface area contributed by atoms with Crippen LogP contribution in [0.5, 0.6) is 0 Å². The number of halogens is 4. The van der Waals surface area contributed by atoms with Crippen molar-refractivity contribution in [3.63, 3.8) is 0 Å². The van der Waals surface area contributed by atoms with Crippen molar-refractivity contribution < 1.29 is 13.2 Å². The fourth-order valence-corrected chi connectivity index (χ4v) is 4.51. The molecule has 4 heterocycles. The number of hydrogen-bond acceptors (Lipinski definition) is 5. The van der Waals surface area contributed by atoms with Gasteiger partial charge in [-0.25, -0.2) is 4.98 Å². The molecule has 0 amide bonds. The maximum absolute atomic E-state index is 12.9. The number of hydrogen-bond donors (Lipinski definition) is 0. The van der Waals surface area contributed by atoms with Gasteiger partial charge in [-0.1, -0.05) is 24.2 Å². The van der Waals surface area contributed by atoms with Crippen LogP contribution in [0.3, 0.4) is 0 Å². The van der Waals surface area contributed by atoms with E-state index in [9.17, 15) is 18.0 Å². The summed E-state index contributed by atoms with van der Waals surface area (Å²) in [6, 6.07) is 7.13. The Morgan fingerprint density at radius 3 is 2.53 bits per heavy atom. The molecule has 0 spiro atoms. The van der Waals surface area contributed by atoms with Crippen LogP contribution in [-0.2, 0) is 19.8 Å². The van der Waals surface area contributed by atoms with E-state index in [1.807, 2.05) is 13.8 Å². The number of alkyl halides is 3. The first-order chi connectivity index (χ1) is 16.0. The topological polar surface area (TPSA) is 58.6 Å². The van der Waals surface area contributed by atoms with E-state index in [1.165, 1.54) is 10.6 Å².